The van der Waals surface area contributed by atoms with Gasteiger partial charge in [0.25, 0.3) is 0 Å². The van der Waals surface area contributed by atoms with Gasteiger partial charge in [0, 0.05) is 43.8 Å². The number of pyridine rings is 2. The Hall–Kier alpha value is -3.03. The van der Waals surface area contributed by atoms with Gasteiger partial charge < -0.3 is 4.42 Å². The van der Waals surface area contributed by atoms with Gasteiger partial charge >= 0.3 is 0 Å². The fourth-order valence-electron chi connectivity index (χ4n) is 3.86. The van der Waals surface area contributed by atoms with Crippen LogP contribution in [0.1, 0.15) is 17.5 Å². The summed E-state index contributed by atoms with van der Waals surface area (Å²) in [5, 5.41) is 8.95. The monoisotopic (exact) mass is 374 g/mol. The Morgan fingerprint density at radius 1 is 1.07 bits per heavy atom. The lowest BCUT2D eigenvalue weighted by atomic mass is 10.1. The highest BCUT2D eigenvalue weighted by Gasteiger charge is 2.29. The maximum atomic E-state index is 5.52. The van der Waals surface area contributed by atoms with Crippen molar-refractivity contribution in [1.29, 1.82) is 0 Å². The summed E-state index contributed by atoms with van der Waals surface area (Å²) in [6.07, 6.45) is 7.37. The third kappa shape index (κ3) is 3.19. The van der Waals surface area contributed by atoms with Crippen molar-refractivity contribution < 1.29 is 4.42 Å². The zero-order valence-corrected chi connectivity index (χ0v) is 15.8. The van der Waals surface area contributed by atoms with E-state index in [4.69, 9.17) is 4.42 Å². The van der Waals surface area contributed by atoms with Gasteiger partial charge in [-0.25, -0.2) is 4.52 Å². The molecule has 1 aliphatic rings. The maximum Gasteiger partial charge on any atom is 0.117 e. The van der Waals surface area contributed by atoms with Gasteiger partial charge in [0.1, 0.15) is 11.5 Å². The smallest absolute Gasteiger partial charge is 0.117 e. The first kappa shape index (κ1) is 17.1. The highest BCUT2D eigenvalue weighted by atomic mass is 16.3. The number of likely N-dealkylation sites (N-methyl/N-ethyl adjacent to an activating group) is 1. The van der Waals surface area contributed by atoms with E-state index in [1.165, 1.54) is 0 Å². The van der Waals surface area contributed by atoms with E-state index in [1.807, 2.05) is 35.0 Å². The molecule has 0 saturated carbocycles. The Morgan fingerprint density at radius 3 is 2.79 bits per heavy atom. The summed E-state index contributed by atoms with van der Waals surface area (Å²) in [5.74, 6) is 0.998. The Kier molecular flexibility index (Phi) is 4.38. The molecular weight excluding hydrogens is 352 g/mol. The maximum absolute atomic E-state index is 5.52. The molecule has 1 saturated heterocycles. The predicted molar refractivity (Wildman–Crippen MR) is 106 cm³/mol. The SMILES string of the molecule is CN1CCN(Cc2ccco2)C[C@H]1c1nnn2cc(-c3ccncc3)ccc12. The lowest BCUT2D eigenvalue weighted by molar-refractivity contribution is 0.0840. The summed E-state index contributed by atoms with van der Waals surface area (Å²) in [4.78, 5) is 8.87. The van der Waals surface area contributed by atoms with Crippen molar-refractivity contribution in [3.8, 4) is 11.1 Å². The molecular formula is C21H22N6O. The molecule has 1 atom stereocenters. The molecule has 0 amide bonds. The molecule has 0 spiro atoms. The average Bonchev–Trinajstić information content (AvgIpc) is 3.39. The molecule has 7 heteroatoms. The third-order valence-corrected chi connectivity index (χ3v) is 5.46. The normalized spacial score (nSPS) is 18.7. The van der Waals surface area contributed by atoms with Gasteiger partial charge in [-0.1, -0.05) is 11.3 Å². The highest BCUT2D eigenvalue weighted by Crippen LogP contribution is 2.28. The fourth-order valence-corrected chi connectivity index (χ4v) is 3.86. The molecule has 0 radical (unpaired) electrons. The minimum atomic E-state index is 0.202. The van der Waals surface area contributed by atoms with Crippen LogP contribution < -0.4 is 0 Å². The van der Waals surface area contributed by atoms with Crippen LogP contribution in [0.3, 0.4) is 0 Å². The van der Waals surface area contributed by atoms with E-state index in [1.54, 1.807) is 18.7 Å². The van der Waals surface area contributed by atoms with E-state index >= 15 is 0 Å². The van der Waals surface area contributed by atoms with Crippen molar-refractivity contribution in [2.75, 3.05) is 26.7 Å². The Balaban J connectivity index is 1.43. The minimum absolute atomic E-state index is 0.202. The van der Waals surface area contributed by atoms with Gasteiger partial charge in [0.2, 0.25) is 0 Å². The van der Waals surface area contributed by atoms with Gasteiger partial charge in [0.15, 0.2) is 0 Å². The number of hydrogen-bond donors (Lipinski definition) is 0. The Labute approximate surface area is 163 Å². The van der Waals surface area contributed by atoms with Crippen LogP contribution in [0.2, 0.25) is 0 Å². The largest absolute Gasteiger partial charge is 0.468 e. The second-order valence-corrected chi connectivity index (χ2v) is 7.27. The molecule has 142 valence electrons. The second kappa shape index (κ2) is 7.18. The fraction of sp³-hybridized carbons (Fsp3) is 0.286. The summed E-state index contributed by atoms with van der Waals surface area (Å²) >= 11 is 0. The lowest BCUT2D eigenvalue weighted by Gasteiger charge is -2.38. The summed E-state index contributed by atoms with van der Waals surface area (Å²) < 4.78 is 7.40. The van der Waals surface area contributed by atoms with Gasteiger partial charge in [-0.3, -0.25) is 14.8 Å². The summed E-state index contributed by atoms with van der Waals surface area (Å²) in [7, 11) is 2.16. The molecule has 28 heavy (non-hydrogen) atoms. The first-order chi connectivity index (χ1) is 13.8. The van der Waals surface area contributed by atoms with E-state index in [0.717, 1.165) is 54.3 Å². The Morgan fingerprint density at radius 2 is 1.96 bits per heavy atom. The van der Waals surface area contributed by atoms with Crippen LogP contribution >= 0.6 is 0 Å². The number of piperazine rings is 1. The lowest BCUT2D eigenvalue weighted by Crippen LogP contribution is -2.46. The minimum Gasteiger partial charge on any atom is -0.468 e. The van der Waals surface area contributed by atoms with Crippen LogP contribution in [-0.2, 0) is 6.54 Å². The molecule has 4 aromatic rings. The van der Waals surface area contributed by atoms with Gasteiger partial charge in [-0.05, 0) is 42.9 Å². The molecule has 0 N–H and O–H groups in total. The van der Waals surface area contributed by atoms with Crippen LogP contribution in [0.4, 0.5) is 0 Å². The molecule has 5 heterocycles. The van der Waals surface area contributed by atoms with Crippen molar-refractivity contribution in [3.05, 3.63) is 72.7 Å². The number of nitrogens with zero attached hydrogens (tertiary/aromatic N) is 6. The first-order valence-electron chi connectivity index (χ1n) is 9.48. The summed E-state index contributed by atoms with van der Waals surface area (Å²) in [6.45, 7) is 3.72. The average molecular weight is 374 g/mol. The van der Waals surface area contributed by atoms with Gasteiger partial charge in [-0.2, -0.15) is 0 Å². The van der Waals surface area contributed by atoms with Crippen molar-refractivity contribution >= 4 is 5.52 Å². The van der Waals surface area contributed by atoms with Crippen LogP contribution in [-0.4, -0.2) is 56.3 Å². The first-order valence-corrected chi connectivity index (χ1v) is 9.48. The molecule has 0 aliphatic carbocycles. The molecule has 5 rings (SSSR count). The zero-order chi connectivity index (χ0) is 18.9. The molecule has 0 bridgehead atoms. The van der Waals surface area contributed by atoms with Crippen molar-refractivity contribution in [1.82, 2.24) is 29.6 Å². The van der Waals surface area contributed by atoms with Crippen LogP contribution in [0.5, 0.6) is 0 Å². The van der Waals surface area contributed by atoms with Crippen molar-refractivity contribution in [3.63, 3.8) is 0 Å². The van der Waals surface area contributed by atoms with E-state index < -0.39 is 0 Å². The van der Waals surface area contributed by atoms with E-state index in [-0.39, 0.29) is 6.04 Å². The van der Waals surface area contributed by atoms with Gasteiger partial charge in [-0.15, -0.1) is 5.10 Å². The molecule has 1 aliphatic heterocycles. The Bertz CT molecular complexity index is 1060. The van der Waals surface area contributed by atoms with Crippen LogP contribution in [0.25, 0.3) is 16.6 Å². The molecule has 0 unspecified atom stereocenters. The van der Waals surface area contributed by atoms with Crippen molar-refractivity contribution in [2.24, 2.45) is 0 Å². The van der Waals surface area contributed by atoms with Crippen LogP contribution in [0.15, 0.2) is 65.7 Å². The van der Waals surface area contributed by atoms with Crippen LogP contribution in [0, 0.1) is 0 Å². The number of aromatic nitrogens is 4. The van der Waals surface area contributed by atoms with E-state index in [9.17, 15) is 0 Å². The molecule has 0 aromatic carbocycles. The molecule has 4 aromatic heterocycles. The number of furan rings is 1. The quantitative estimate of drug-likeness (QED) is 0.547. The summed E-state index contributed by atoms with van der Waals surface area (Å²) in [5.41, 5.74) is 4.29. The predicted octanol–water partition coefficient (Wildman–Crippen LogP) is 2.87. The number of hydrogen-bond acceptors (Lipinski definition) is 6. The standard InChI is InChI=1S/C21H22N6O/c1-25-10-11-26(14-18-3-2-12-28-18)15-20(25)21-19-5-4-17(13-27(19)24-23-21)16-6-8-22-9-7-16/h2-9,12-13,20H,10-11,14-15H2,1H3/t20-/m0/s1. The van der Waals surface area contributed by atoms with Crippen molar-refractivity contribution in [2.45, 2.75) is 12.6 Å². The number of rotatable bonds is 4. The zero-order valence-electron chi connectivity index (χ0n) is 15.8. The van der Waals surface area contributed by atoms with Gasteiger partial charge in [0.05, 0.1) is 24.4 Å². The second-order valence-electron chi connectivity index (χ2n) is 7.27. The van der Waals surface area contributed by atoms with E-state index in [2.05, 4.69) is 44.3 Å². The number of fused-ring (bicyclic) bond motifs is 1. The highest BCUT2D eigenvalue weighted by molar-refractivity contribution is 5.65. The third-order valence-electron chi connectivity index (χ3n) is 5.46. The molecule has 7 nitrogen and oxygen atoms in total. The topological polar surface area (TPSA) is 62.7 Å². The van der Waals surface area contributed by atoms with E-state index in [0.29, 0.717) is 0 Å². The summed E-state index contributed by atoms with van der Waals surface area (Å²) in [6, 6.07) is 12.4. The molecule has 1 fully saturated rings.